The molecule has 72 valence electrons. The Kier molecular flexibility index (Phi) is 11.1. The largest absolute Gasteiger partial charge is 1.00 e. The summed E-state index contributed by atoms with van der Waals surface area (Å²) in [6.07, 6.45) is 4.52. The van der Waals surface area contributed by atoms with Crippen LogP contribution in [-0.2, 0) is 4.79 Å². The zero-order chi connectivity index (χ0) is 9.56. The fourth-order valence-electron chi connectivity index (χ4n) is 1.20. The molecule has 0 heterocycles. The molecule has 0 amide bonds. The van der Waals surface area contributed by atoms with Gasteiger partial charge in [-0.3, -0.25) is 0 Å². The van der Waals surface area contributed by atoms with E-state index >= 15 is 0 Å². The van der Waals surface area contributed by atoms with Crippen molar-refractivity contribution in [3.8, 4) is 0 Å². The third kappa shape index (κ3) is 7.53. The molecule has 0 aromatic rings. The van der Waals surface area contributed by atoms with E-state index in [2.05, 4.69) is 6.92 Å². The van der Waals surface area contributed by atoms with E-state index in [0.717, 1.165) is 12.8 Å². The van der Waals surface area contributed by atoms with Gasteiger partial charge >= 0.3 is 29.6 Å². The van der Waals surface area contributed by atoms with Crippen LogP contribution >= 0.6 is 0 Å². The van der Waals surface area contributed by atoms with Crippen molar-refractivity contribution in [2.24, 2.45) is 11.8 Å². The Bertz CT molecular complexity index is 137. The predicted octanol–water partition coefficient (Wildman–Crippen LogP) is -1.41. The van der Waals surface area contributed by atoms with Gasteiger partial charge in [-0.15, -0.1) is 0 Å². The summed E-state index contributed by atoms with van der Waals surface area (Å²) in [5.41, 5.74) is 0. The van der Waals surface area contributed by atoms with Crippen LogP contribution in [0.1, 0.15) is 46.5 Å². The van der Waals surface area contributed by atoms with Crippen molar-refractivity contribution in [2.45, 2.75) is 46.5 Å². The quantitative estimate of drug-likeness (QED) is 0.385. The molecule has 2 unspecified atom stereocenters. The zero-order valence-electron chi connectivity index (χ0n) is 9.30. The van der Waals surface area contributed by atoms with Crippen LogP contribution in [0.25, 0.3) is 0 Å². The number of carbonyl (C=O) groups is 1. The molecule has 3 heteroatoms. The number of carboxylic acids is 1. The minimum absolute atomic E-state index is 0. The molecule has 0 saturated carbocycles. The van der Waals surface area contributed by atoms with Crippen molar-refractivity contribution in [3.05, 3.63) is 0 Å². The maximum atomic E-state index is 10.5. The van der Waals surface area contributed by atoms with Crippen LogP contribution in [0.3, 0.4) is 0 Å². The number of carbonyl (C=O) groups excluding carboxylic acids is 1. The Hall–Kier alpha value is 0.470. The Balaban J connectivity index is 0. The summed E-state index contributed by atoms with van der Waals surface area (Å²) in [5, 5.41) is 10.5. The van der Waals surface area contributed by atoms with Crippen LogP contribution in [0, 0.1) is 11.8 Å². The third-order valence-corrected chi connectivity index (χ3v) is 2.49. The normalized spacial score (nSPS) is 14.4. The first-order valence-electron chi connectivity index (χ1n) is 4.80. The maximum absolute atomic E-state index is 10.5. The van der Waals surface area contributed by atoms with E-state index in [4.69, 9.17) is 0 Å². The van der Waals surface area contributed by atoms with Gasteiger partial charge in [0.25, 0.3) is 0 Å². The number of unbranched alkanes of at least 4 members (excludes halogenated alkanes) is 2. The summed E-state index contributed by atoms with van der Waals surface area (Å²) < 4.78 is 0. The average molecular weight is 194 g/mol. The molecular formula is C10H19NaO2. The SMILES string of the molecule is CCCCCC(C)C(C)C(=O)[O-].[Na+]. The van der Waals surface area contributed by atoms with Gasteiger partial charge in [0.2, 0.25) is 0 Å². The molecule has 0 aliphatic rings. The third-order valence-electron chi connectivity index (χ3n) is 2.49. The molecule has 0 aliphatic carbocycles. The summed E-state index contributed by atoms with van der Waals surface area (Å²) in [7, 11) is 0. The van der Waals surface area contributed by atoms with E-state index in [0.29, 0.717) is 0 Å². The molecule has 0 aromatic heterocycles. The molecule has 0 aliphatic heterocycles. The van der Waals surface area contributed by atoms with Crippen molar-refractivity contribution in [1.82, 2.24) is 0 Å². The van der Waals surface area contributed by atoms with E-state index < -0.39 is 5.97 Å². The van der Waals surface area contributed by atoms with Crippen molar-refractivity contribution in [2.75, 3.05) is 0 Å². The standard InChI is InChI=1S/C10H20O2.Na/c1-4-5-6-7-8(2)9(3)10(11)12;/h8-9H,4-7H2,1-3H3,(H,11,12);/q;+1/p-1. The van der Waals surface area contributed by atoms with Crippen LogP contribution < -0.4 is 34.7 Å². The summed E-state index contributed by atoms with van der Waals surface area (Å²) in [6.45, 7) is 5.86. The van der Waals surface area contributed by atoms with Crippen molar-refractivity contribution in [1.29, 1.82) is 0 Å². The molecule has 2 atom stereocenters. The molecule has 0 N–H and O–H groups in total. The molecule has 0 rings (SSSR count). The van der Waals surface area contributed by atoms with Gasteiger partial charge in [-0.1, -0.05) is 46.5 Å². The summed E-state index contributed by atoms with van der Waals surface area (Å²) in [4.78, 5) is 10.5. The second kappa shape index (κ2) is 9.04. The van der Waals surface area contributed by atoms with Gasteiger partial charge in [-0.25, -0.2) is 0 Å². The second-order valence-corrected chi connectivity index (χ2v) is 3.58. The summed E-state index contributed by atoms with van der Waals surface area (Å²) in [5.74, 6) is -0.970. The molecule has 0 aromatic carbocycles. The molecule has 0 spiro atoms. The van der Waals surface area contributed by atoms with Gasteiger partial charge in [0.1, 0.15) is 0 Å². The van der Waals surface area contributed by atoms with E-state index in [9.17, 15) is 9.90 Å². The van der Waals surface area contributed by atoms with Crippen LogP contribution in [-0.4, -0.2) is 5.97 Å². The first-order valence-corrected chi connectivity index (χ1v) is 4.80. The van der Waals surface area contributed by atoms with E-state index in [1.165, 1.54) is 12.8 Å². The van der Waals surface area contributed by atoms with Gasteiger partial charge < -0.3 is 9.90 Å². The van der Waals surface area contributed by atoms with Crippen LogP contribution in [0.4, 0.5) is 0 Å². The van der Waals surface area contributed by atoms with E-state index in [-0.39, 0.29) is 41.4 Å². The predicted molar refractivity (Wildman–Crippen MR) is 47.5 cm³/mol. The van der Waals surface area contributed by atoms with Crippen LogP contribution in [0.5, 0.6) is 0 Å². The van der Waals surface area contributed by atoms with Gasteiger partial charge in [0, 0.05) is 5.97 Å². The van der Waals surface area contributed by atoms with Crippen molar-refractivity contribution < 1.29 is 39.5 Å². The smallest absolute Gasteiger partial charge is 0.550 e. The van der Waals surface area contributed by atoms with Crippen LogP contribution in [0.2, 0.25) is 0 Å². The molecule has 0 saturated heterocycles. The molecule has 0 radical (unpaired) electrons. The fourth-order valence-corrected chi connectivity index (χ4v) is 1.20. The zero-order valence-corrected chi connectivity index (χ0v) is 11.3. The van der Waals surface area contributed by atoms with E-state index in [1.54, 1.807) is 6.92 Å². The maximum Gasteiger partial charge on any atom is 1.00 e. The minimum atomic E-state index is -0.918. The first kappa shape index (κ1) is 15.9. The second-order valence-electron chi connectivity index (χ2n) is 3.58. The summed E-state index contributed by atoms with van der Waals surface area (Å²) >= 11 is 0. The number of rotatable bonds is 6. The molecular weight excluding hydrogens is 175 g/mol. The van der Waals surface area contributed by atoms with Gasteiger partial charge in [-0.2, -0.15) is 0 Å². The monoisotopic (exact) mass is 194 g/mol. The fraction of sp³-hybridized carbons (Fsp3) is 0.900. The number of aliphatic carboxylic acids is 1. The molecule has 13 heavy (non-hydrogen) atoms. The van der Waals surface area contributed by atoms with Crippen molar-refractivity contribution in [3.63, 3.8) is 0 Å². The Labute approximate surface area is 103 Å². The van der Waals surface area contributed by atoms with E-state index in [1.807, 2.05) is 6.92 Å². The Morgan fingerprint density at radius 3 is 2.23 bits per heavy atom. The van der Waals surface area contributed by atoms with Gasteiger partial charge in [0.15, 0.2) is 0 Å². The number of hydrogen-bond donors (Lipinski definition) is 0. The van der Waals surface area contributed by atoms with Crippen LogP contribution in [0.15, 0.2) is 0 Å². The Morgan fingerprint density at radius 2 is 1.85 bits per heavy atom. The molecule has 2 nitrogen and oxygen atoms in total. The summed E-state index contributed by atoms with van der Waals surface area (Å²) in [6, 6.07) is 0. The van der Waals surface area contributed by atoms with Gasteiger partial charge in [0.05, 0.1) is 0 Å². The number of hydrogen-bond acceptors (Lipinski definition) is 2. The minimum Gasteiger partial charge on any atom is -0.550 e. The average Bonchev–Trinajstić information content (AvgIpc) is 2.03. The molecule has 0 fully saturated rings. The Morgan fingerprint density at radius 1 is 1.31 bits per heavy atom. The first-order chi connectivity index (χ1) is 5.59. The van der Waals surface area contributed by atoms with Crippen molar-refractivity contribution >= 4 is 5.97 Å². The topological polar surface area (TPSA) is 40.1 Å². The molecule has 0 bridgehead atoms. The number of carboxylic acid groups (broad SMARTS) is 1. The van der Waals surface area contributed by atoms with Gasteiger partial charge in [-0.05, 0) is 11.8 Å².